The highest BCUT2D eigenvalue weighted by Gasteiger charge is 2.24. The lowest BCUT2D eigenvalue weighted by molar-refractivity contribution is 0.137. The van der Waals surface area contributed by atoms with Crippen LogP contribution in [0, 0.1) is 5.92 Å². The van der Waals surface area contributed by atoms with Gasteiger partial charge in [-0.15, -0.1) is 0 Å². The van der Waals surface area contributed by atoms with Gasteiger partial charge in [0.25, 0.3) is 0 Å². The summed E-state index contributed by atoms with van der Waals surface area (Å²) in [6.07, 6.45) is 1.19. The van der Waals surface area contributed by atoms with E-state index in [0.717, 1.165) is 31.3 Å². The number of thiocarbonyl (C=S) groups is 1. The first-order valence-corrected chi connectivity index (χ1v) is 6.68. The number of hydrogen-bond acceptors (Lipinski definition) is 2. The van der Waals surface area contributed by atoms with Crippen molar-refractivity contribution in [3.8, 4) is 0 Å². The molecule has 0 aromatic carbocycles. The van der Waals surface area contributed by atoms with Crippen molar-refractivity contribution in [3.63, 3.8) is 0 Å². The van der Waals surface area contributed by atoms with Crippen molar-refractivity contribution in [3.05, 3.63) is 0 Å². The Labute approximate surface area is 105 Å². The van der Waals surface area contributed by atoms with E-state index in [0.29, 0.717) is 12.0 Å². The molecule has 1 heterocycles. The number of piperazine rings is 1. The molecule has 1 fully saturated rings. The Morgan fingerprint density at radius 1 is 1.44 bits per heavy atom. The summed E-state index contributed by atoms with van der Waals surface area (Å²) >= 11 is 5.43. The van der Waals surface area contributed by atoms with Crippen molar-refractivity contribution in [1.29, 1.82) is 0 Å². The second kappa shape index (κ2) is 6.40. The van der Waals surface area contributed by atoms with E-state index in [9.17, 15) is 0 Å². The predicted molar refractivity (Wildman–Crippen MR) is 73.7 cm³/mol. The molecule has 0 aliphatic carbocycles. The smallest absolute Gasteiger partial charge is 0.169 e. The summed E-state index contributed by atoms with van der Waals surface area (Å²) in [5, 5.41) is 4.28. The van der Waals surface area contributed by atoms with E-state index in [4.69, 9.17) is 12.2 Å². The van der Waals surface area contributed by atoms with E-state index in [2.05, 4.69) is 42.9 Å². The Morgan fingerprint density at radius 3 is 2.69 bits per heavy atom. The van der Waals surface area contributed by atoms with Gasteiger partial charge in [0.2, 0.25) is 0 Å². The van der Waals surface area contributed by atoms with Gasteiger partial charge in [-0.25, -0.2) is 0 Å². The highest BCUT2D eigenvalue weighted by molar-refractivity contribution is 7.80. The summed E-state index contributed by atoms with van der Waals surface area (Å²) in [6, 6.07) is 0.646. The first-order chi connectivity index (χ1) is 7.54. The standard InChI is InChI=1S/C12H25N3S/c1-5-11-9-15(7-6-14(11)4)12(16)13-8-10(2)3/h10-11H,5-9H2,1-4H3,(H,13,16). The Kier molecular flexibility index (Phi) is 5.49. The highest BCUT2D eigenvalue weighted by Crippen LogP contribution is 2.10. The minimum absolute atomic E-state index is 0.646. The van der Waals surface area contributed by atoms with Crippen LogP contribution in [0.3, 0.4) is 0 Å². The van der Waals surface area contributed by atoms with Crippen molar-refractivity contribution < 1.29 is 0 Å². The molecule has 1 saturated heterocycles. The molecular formula is C12H25N3S. The second-order valence-corrected chi connectivity index (χ2v) is 5.46. The van der Waals surface area contributed by atoms with Crippen molar-refractivity contribution >= 4 is 17.3 Å². The largest absolute Gasteiger partial charge is 0.362 e. The zero-order valence-corrected chi connectivity index (χ0v) is 11.8. The molecule has 1 aliphatic rings. The lowest BCUT2D eigenvalue weighted by Gasteiger charge is -2.40. The van der Waals surface area contributed by atoms with E-state index in [1.54, 1.807) is 0 Å². The Morgan fingerprint density at radius 2 is 2.12 bits per heavy atom. The zero-order chi connectivity index (χ0) is 12.1. The normalized spacial score (nSPS) is 22.6. The molecule has 1 unspecified atom stereocenters. The average molecular weight is 243 g/mol. The summed E-state index contributed by atoms with van der Waals surface area (Å²) in [6.45, 7) is 10.9. The van der Waals surface area contributed by atoms with Crippen LogP contribution in [0.4, 0.5) is 0 Å². The van der Waals surface area contributed by atoms with E-state index in [-0.39, 0.29) is 0 Å². The number of nitrogens with one attached hydrogen (secondary N) is 1. The highest BCUT2D eigenvalue weighted by atomic mass is 32.1. The summed E-state index contributed by atoms with van der Waals surface area (Å²) in [7, 11) is 2.20. The van der Waals surface area contributed by atoms with Gasteiger partial charge in [0, 0.05) is 32.2 Å². The van der Waals surface area contributed by atoms with Gasteiger partial charge < -0.3 is 10.2 Å². The van der Waals surface area contributed by atoms with Gasteiger partial charge in [-0.3, -0.25) is 4.90 Å². The van der Waals surface area contributed by atoms with E-state index in [1.165, 1.54) is 6.42 Å². The predicted octanol–water partition coefficient (Wildman–Crippen LogP) is 1.54. The molecule has 0 spiro atoms. The lowest BCUT2D eigenvalue weighted by atomic mass is 10.1. The topological polar surface area (TPSA) is 18.5 Å². The van der Waals surface area contributed by atoms with Crippen LogP contribution in [0.1, 0.15) is 27.2 Å². The molecule has 0 saturated carbocycles. The van der Waals surface area contributed by atoms with E-state index in [1.807, 2.05) is 0 Å². The molecule has 0 aromatic heterocycles. The van der Waals surface area contributed by atoms with Gasteiger partial charge in [-0.2, -0.15) is 0 Å². The maximum Gasteiger partial charge on any atom is 0.169 e. The lowest BCUT2D eigenvalue weighted by Crippen LogP contribution is -2.55. The fraction of sp³-hybridized carbons (Fsp3) is 0.917. The molecule has 0 radical (unpaired) electrons. The number of likely N-dealkylation sites (N-methyl/N-ethyl adjacent to an activating group) is 1. The second-order valence-electron chi connectivity index (χ2n) is 5.07. The van der Waals surface area contributed by atoms with Crippen LogP contribution < -0.4 is 5.32 Å². The van der Waals surface area contributed by atoms with Gasteiger partial charge in [0.05, 0.1) is 0 Å². The molecule has 16 heavy (non-hydrogen) atoms. The monoisotopic (exact) mass is 243 g/mol. The number of hydrogen-bond donors (Lipinski definition) is 1. The van der Waals surface area contributed by atoms with Crippen LogP contribution in [0.25, 0.3) is 0 Å². The van der Waals surface area contributed by atoms with Crippen molar-refractivity contribution in [2.24, 2.45) is 5.92 Å². The quantitative estimate of drug-likeness (QED) is 0.758. The Bertz CT molecular complexity index is 230. The third-order valence-corrected chi connectivity index (χ3v) is 3.60. The zero-order valence-electron chi connectivity index (χ0n) is 11.0. The maximum absolute atomic E-state index is 5.43. The first kappa shape index (κ1) is 13.7. The molecule has 4 heteroatoms. The average Bonchev–Trinajstić information content (AvgIpc) is 2.26. The summed E-state index contributed by atoms with van der Waals surface area (Å²) in [4.78, 5) is 4.74. The summed E-state index contributed by atoms with van der Waals surface area (Å²) in [5.41, 5.74) is 0. The molecular weight excluding hydrogens is 218 g/mol. The number of nitrogens with zero attached hydrogens (tertiary/aromatic N) is 2. The molecule has 0 aromatic rings. The molecule has 0 bridgehead atoms. The Hall–Kier alpha value is -0.350. The number of rotatable bonds is 3. The maximum atomic E-state index is 5.43. The van der Waals surface area contributed by atoms with Crippen LogP contribution in [-0.2, 0) is 0 Å². The first-order valence-electron chi connectivity index (χ1n) is 6.27. The van der Waals surface area contributed by atoms with Crippen LogP contribution in [0.5, 0.6) is 0 Å². The van der Waals surface area contributed by atoms with Gasteiger partial charge >= 0.3 is 0 Å². The molecule has 1 N–H and O–H groups in total. The molecule has 1 rings (SSSR count). The van der Waals surface area contributed by atoms with Gasteiger partial charge in [0.1, 0.15) is 0 Å². The van der Waals surface area contributed by atoms with Crippen molar-refractivity contribution in [2.45, 2.75) is 33.2 Å². The third kappa shape index (κ3) is 3.91. The molecule has 1 aliphatic heterocycles. The van der Waals surface area contributed by atoms with E-state index < -0.39 is 0 Å². The molecule has 0 amide bonds. The van der Waals surface area contributed by atoms with Gasteiger partial charge in [-0.1, -0.05) is 20.8 Å². The summed E-state index contributed by atoms with van der Waals surface area (Å²) in [5.74, 6) is 0.646. The van der Waals surface area contributed by atoms with Crippen LogP contribution >= 0.6 is 12.2 Å². The SMILES string of the molecule is CCC1CN(C(=S)NCC(C)C)CCN1C. The van der Waals surface area contributed by atoms with Crippen LogP contribution in [0.15, 0.2) is 0 Å². The minimum Gasteiger partial charge on any atom is -0.362 e. The van der Waals surface area contributed by atoms with Gasteiger partial charge in [-0.05, 0) is 31.6 Å². The fourth-order valence-electron chi connectivity index (χ4n) is 1.97. The van der Waals surface area contributed by atoms with E-state index >= 15 is 0 Å². The molecule has 1 atom stereocenters. The van der Waals surface area contributed by atoms with Crippen molar-refractivity contribution in [1.82, 2.24) is 15.1 Å². The van der Waals surface area contributed by atoms with Gasteiger partial charge in [0.15, 0.2) is 5.11 Å². The van der Waals surface area contributed by atoms with Crippen LogP contribution in [0.2, 0.25) is 0 Å². The third-order valence-electron chi connectivity index (χ3n) is 3.20. The van der Waals surface area contributed by atoms with Crippen molar-refractivity contribution in [2.75, 3.05) is 33.2 Å². The minimum atomic E-state index is 0.646. The molecule has 94 valence electrons. The van der Waals surface area contributed by atoms with Crippen LogP contribution in [-0.4, -0.2) is 54.2 Å². The summed E-state index contributed by atoms with van der Waals surface area (Å²) < 4.78 is 0. The fourth-order valence-corrected chi connectivity index (χ4v) is 2.22. The Balaban J connectivity index is 2.39. The molecule has 3 nitrogen and oxygen atoms in total.